The van der Waals surface area contributed by atoms with Gasteiger partial charge in [0.2, 0.25) is 10.0 Å². The lowest BCUT2D eigenvalue weighted by molar-refractivity contribution is 0.373. The average Bonchev–Trinajstić information content (AvgIpc) is 2.48. The van der Waals surface area contributed by atoms with Crippen molar-refractivity contribution in [3.8, 4) is 0 Å². The molecule has 1 unspecified atom stereocenters. The normalized spacial score (nSPS) is 14.6. The number of nitrogens with zero attached hydrogens (tertiary/aromatic N) is 2. The number of rotatable bonds is 5. The molecule has 1 aromatic rings. The van der Waals surface area contributed by atoms with Crippen LogP contribution < -0.4 is 4.72 Å². The Morgan fingerprint density at radius 2 is 1.90 bits per heavy atom. The smallest absolute Gasteiger partial charge is 0.244 e. The number of sulfonamides is 1. The van der Waals surface area contributed by atoms with Crippen molar-refractivity contribution in [3.05, 3.63) is 11.4 Å². The van der Waals surface area contributed by atoms with Crippen LogP contribution >= 0.6 is 15.9 Å². The minimum Gasteiger partial charge on any atom is -0.271 e. The standard InChI is InChI=1S/C13H24BrN3O2S/c1-9-12(10(2)17(6)16-9)20(18,19)15-8-11(14)7-13(3,4)5/h11,15H,7-8H2,1-6H3. The summed E-state index contributed by atoms with van der Waals surface area (Å²) < 4.78 is 29.0. The zero-order valence-electron chi connectivity index (χ0n) is 13.0. The SMILES string of the molecule is Cc1nn(C)c(C)c1S(=O)(=O)NCC(Br)CC(C)(C)C. The van der Waals surface area contributed by atoms with Crippen LogP contribution in [0.5, 0.6) is 0 Å². The van der Waals surface area contributed by atoms with E-state index in [0.717, 1.165) is 6.42 Å². The lowest BCUT2D eigenvalue weighted by Gasteiger charge is -2.22. The van der Waals surface area contributed by atoms with Gasteiger partial charge in [-0.15, -0.1) is 0 Å². The molecule has 1 rings (SSSR count). The Balaban J connectivity index is 2.81. The molecule has 0 radical (unpaired) electrons. The number of aryl methyl sites for hydroxylation is 2. The molecule has 0 spiro atoms. The van der Waals surface area contributed by atoms with E-state index >= 15 is 0 Å². The molecule has 5 nitrogen and oxygen atoms in total. The van der Waals surface area contributed by atoms with Crippen LogP contribution in [0, 0.1) is 19.3 Å². The minimum absolute atomic E-state index is 0.106. The summed E-state index contributed by atoms with van der Waals surface area (Å²) in [7, 11) is -1.77. The maximum Gasteiger partial charge on any atom is 0.244 e. The molecule has 0 bridgehead atoms. The Labute approximate surface area is 130 Å². The van der Waals surface area contributed by atoms with Crippen LogP contribution in [0.4, 0.5) is 0 Å². The number of halogens is 1. The maximum absolute atomic E-state index is 12.4. The van der Waals surface area contributed by atoms with Crippen molar-refractivity contribution < 1.29 is 8.42 Å². The van der Waals surface area contributed by atoms with Crippen LogP contribution in [-0.2, 0) is 17.1 Å². The van der Waals surface area contributed by atoms with Crippen molar-refractivity contribution in [1.82, 2.24) is 14.5 Å². The largest absolute Gasteiger partial charge is 0.271 e. The predicted octanol–water partition coefficient (Wildman–Crippen LogP) is 2.51. The Morgan fingerprint density at radius 1 is 1.35 bits per heavy atom. The lowest BCUT2D eigenvalue weighted by atomic mass is 9.91. The van der Waals surface area contributed by atoms with Gasteiger partial charge in [-0.25, -0.2) is 13.1 Å². The van der Waals surface area contributed by atoms with Crippen molar-refractivity contribution in [2.75, 3.05) is 6.54 Å². The number of aromatic nitrogens is 2. The van der Waals surface area contributed by atoms with Gasteiger partial charge in [-0.3, -0.25) is 4.68 Å². The van der Waals surface area contributed by atoms with Crippen molar-refractivity contribution in [3.63, 3.8) is 0 Å². The highest BCUT2D eigenvalue weighted by Crippen LogP contribution is 2.25. The molecule has 0 aliphatic carbocycles. The van der Waals surface area contributed by atoms with Gasteiger partial charge in [0.15, 0.2) is 0 Å². The fraction of sp³-hybridized carbons (Fsp3) is 0.769. The molecule has 116 valence electrons. The van der Waals surface area contributed by atoms with E-state index in [0.29, 0.717) is 17.9 Å². The summed E-state index contributed by atoms with van der Waals surface area (Å²) in [4.78, 5) is 0.394. The predicted molar refractivity (Wildman–Crippen MR) is 84.7 cm³/mol. The third-order valence-corrected chi connectivity index (χ3v) is 5.36. The Hall–Kier alpha value is -0.400. The molecule has 7 heteroatoms. The first-order valence-corrected chi connectivity index (χ1v) is 8.98. The Kier molecular flexibility index (Phi) is 5.43. The van der Waals surface area contributed by atoms with Crippen molar-refractivity contribution in [2.45, 2.75) is 50.8 Å². The Morgan fingerprint density at radius 3 is 2.30 bits per heavy atom. The van der Waals surface area contributed by atoms with Gasteiger partial charge >= 0.3 is 0 Å². The van der Waals surface area contributed by atoms with Gasteiger partial charge in [-0.2, -0.15) is 5.10 Å². The van der Waals surface area contributed by atoms with E-state index in [4.69, 9.17) is 0 Å². The molecule has 1 N–H and O–H groups in total. The minimum atomic E-state index is -3.51. The summed E-state index contributed by atoms with van der Waals surface area (Å²) in [6.45, 7) is 10.2. The summed E-state index contributed by atoms with van der Waals surface area (Å²) >= 11 is 3.53. The summed E-state index contributed by atoms with van der Waals surface area (Å²) in [5.74, 6) is 0. The zero-order chi connectivity index (χ0) is 15.7. The van der Waals surface area contributed by atoms with E-state index < -0.39 is 10.0 Å². The van der Waals surface area contributed by atoms with Crippen LogP contribution in [0.15, 0.2) is 4.90 Å². The summed E-state index contributed by atoms with van der Waals surface area (Å²) in [5, 5.41) is 4.15. The molecular formula is C13H24BrN3O2S. The first-order chi connectivity index (χ1) is 8.94. The summed E-state index contributed by atoms with van der Waals surface area (Å²) in [6, 6.07) is 0. The molecule has 0 aliphatic heterocycles. The topological polar surface area (TPSA) is 64.0 Å². The third-order valence-electron chi connectivity index (χ3n) is 3.04. The van der Waals surface area contributed by atoms with Gasteiger partial charge in [-0.05, 0) is 25.7 Å². The highest BCUT2D eigenvalue weighted by Gasteiger charge is 2.25. The second-order valence-corrected chi connectivity index (χ2v) is 9.34. The number of hydrogen-bond donors (Lipinski definition) is 1. The fourth-order valence-corrected chi connectivity index (χ4v) is 5.02. The average molecular weight is 366 g/mol. The van der Waals surface area contributed by atoms with E-state index in [9.17, 15) is 8.42 Å². The van der Waals surface area contributed by atoms with Crippen LogP contribution in [-0.4, -0.2) is 29.6 Å². The molecule has 0 amide bonds. The van der Waals surface area contributed by atoms with Crippen LogP contribution in [0.1, 0.15) is 38.6 Å². The monoisotopic (exact) mass is 365 g/mol. The highest BCUT2D eigenvalue weighted by molar-refractivity contribution is 9.09. The molecule has 1 heterocycles. The van der Waals surface area contributed by atoms with Gasteiger partial charge < -0.3 is 0 Å². The highest BCUT2D eigenvalue weighted by atomic mass is 79.9. The number of nitrogens with one attached hydrogen (secondary N) is 1. The van der Waals surface area contributed by atoms with E-state index in [1.807, 2.05) is 0 Å². The molecule has 0 saturated carbocycles. The Bertz CT molecular complexity index is 573. The maximum atomic E-state index is 12.4. The fourth-order valence-electron chi connectivity index (χ4n) is 2.15. The quantitative estimate of drug-likeness (QED) is 0.815. The van der Waals surface area contributed by atoms with E-state index in [-0.39, 0.29) is 15.1 Å². The summed E-state index contributed by atoms with van der Waals surface area (Å²) in [5.41, 5.74) is 1.33. The molecule has 0 fully saturated rings. The molecule has 1 aromatic heterocycles. The van der Waals surface area contributed by atoms with Crippen molar-refractivity contribution in [2.24, 2.45) is 12.5 Å². The van der Waals surface area contributed by atoms with Gasteiger partial charge in [0.05, 0.1) is 11.4 Å². The second-order valence-electron chi connectivity index (χ2n) is 6.34. The van der Waals surface area contributed by atoms with E-state index in [1.165, 1.54) is 0 Å². The molecular weight excluding hydrogens is 342 g/mol. The van der Waals surface area contributed by atoms with Gasteiger partial charge in [0.25, 0.3) is 0 Å². The number of alkyl halides is 1. The van der Waals surface area contributed by atoms with Gasteiger partial charge in [0.1, 0.15) is 4.90 Å². The zero-order valence-corrected chi connectivity index (χ0v) is 15.4. The van der Waals surface area contributed by atoms with Crippen molar-refractivity contribution in [1.29, 1.82) is 0 Å². The molecule has 0 saturated heterocycles. The molecule has 20 heavy (non-hydrogen) atoms. The first-order valence-electron chi connectivity index (χ1n) is 6.58. The van der Waals surface area contributed by atoms with E-state index in [1.54, 1.807) is 25.6 Å². The number of hydrogen-bond acceptors (Lipinski definition) is 3. The van der Waals surface area contributed by atoms with E-state index in [2.05, 4.69) is 46.5 Å². The van der Waals surface area contributed by atoms with Crippen molar-refractivity contribution >= 4 is 26.0 Å². The summed E-state index contributed by atoms with van der Waals surface area (Å²) in [6.07, 6.45) is 0.889. The molecule has 0 aromatic carbocycles. The lowest BCUT2D eigenvalue weighted by Crippen LogP contribution is -2.32. The third kappa shape index (κ3) is 4.56. The van der Waals surface area contributed by atoms with Crippen LogP contribution in [0.2, 0.25) is 0 Å². The van der Waals surface area contributed by atoms with Crippen LogP contribution in [0.25, 0.3) is 0 Å². The van der Waals surface area contributed by atoms with Gasteiger partial charge in [0, 0.05) is 18.4 Å². The molecule has 1 atom stereocenters. The molecule has 0 aliphatic rings. The first kappa shape index (κ1) is 17.7. The van der Waals surface area contributed by atoms with Crippen LogP contribution in [0.3, 0.4) is 0 Å². The second kappa shape index (κ2) is 6.15. The van der Waals surface area contributed by atoms with Gasteiger partial charge in [-0.1, -0.05) is 36.7 Å².